The summed E-state index contributed by atoms with van der Waals surface area (Å²) in [7, 11) is 0. The van der Waals surface area contributed by atoms with E-state index in [1.54, 1.807) is 0 Å². The van der Waals surface area contributed by atoms with Crippen molar-refractivity contribution >= 4 is 24.0 Å². The summed E-state index contributed by atoms with van der Waals surface area (Å²) in [5.74, 6) is 0.260. The van der Waals surface area contributed by atoms with Crippen molar-refractivity contribution in [2.75, 3.05) is 5.73 Å². The molecule has 0 aliphatic heterocycles. The zero-order chi connectivity index (χ0) is 13.1. The third-order valence-corrected chi connectivity index (χ3v) is 3.45. The number of nitrogens with two attached hydrogens (primary N) is 1. The Labute approximate surface area is 121 Å². The number of benzene rings is 1. The van der Waals surface area contributed by atoms with Gasteiger partial charge in [-0.1, -0.05) is 18.2 Å². The van der Waals surface area contributed by atoms with E-state index in [1.807, 2.05) is 29.2 Å². The number of hydrogen-bond acceptors (Lipinski definition) is 2. The fourth-order valence-electron chi connectivity index (χ4n) is 2.40. The first-order chi connectivity index (χ1) is 8.59. The van der Waals surface area contributed by atoms with E-state index in [1.165, 1.54) is 0 Å². The standard InChI is InChI=1S/C15H22N2O.ClH/c1-11(2)17(13-8-9-13)15(18)10-7-12-5-3-4-6-14(12)16;/h3-6,11,13H,7-10,16H2,1-2H3;1H. The molecule has 0 radical (unpaired) electrons. The van der Waals surface area contributed by atoms with Crippen LogP contribution in [0.5, 0.6) is 0 Å². The summed E-state index contributed by atoms with van der Waals surface area (Å²) in [6.07, 6.45) is 3.62. The van der Waals surface area contributed by atoms with Gasteiger partial charge in [0.1, 0.15) is 0 Å². The predicted molar refractivity (Wildman–Crippen MR) is 81.4 cm³/mol. The molecule has 0 unspecified atom stereocenters. The van der Waals surface area contributed by atoms with Gasteiger partial charge in [-0.15, -0.1) is 12.4 Å². The number of carbonyl (C=O) groups is 1. The van der Waals surface area contributed by atoms with Gasteiger partial charge in [-0.25, -0.2) is 0 Å². The topological polar surface area (TPSA) is 46.3 Å². The Balaban J connectivity index is 0.00000180. The van der Waals surface area contributed by atoms with Crippen LogP contribution < -0.4 is 5.73 Å². The SMILES string of the molecule is CC(C)N(C(=O)CCc1ccccc1N)C1CC1.Cl. The van der Waals surface area contributed by atoms with E-state index in [9.17, 15) is 4.79 Å². The molecule has 1 aliphatic rings. The molecule has 0 aromatic heterocycles. The number of aryl methyl sites for hydroxylation is 1. The highest BCUT2D eigenvalue weighted by Gasteiger charge is 2.33. The van der Waals surface area contributed by atoms with Crippen LogP contribution in [0.2, 0.25) is 0 Å². The average Bonchev–Trinajstić information content (AvgIpc) is 3.12. The quantitative estimate of drug-likeness (QED) is 0.844. The van der Waals surface area contributed by atoms with E-state index in [0.717, 1.165) is 30.5 Å². The lowest BCUT2D eigenvalue weighted by molar-refractivity contribution is -0.133. The lowest BCUT2D eigenvalue weighted by Gasteiger charge is -2.26. The summed E-state index contributed by atoms with van der Waals surface area (Å²) in [5, 5.41) is 0. The first-order valence-corrected chi connectivity index (χ1v) is 6.74. The number of amides is 1. The molecule has 1 aliphatic carbocycles. The first-order valence-electron chi connectivity index (χ1n) is 6.74. The molecule has 0 saturated heterocycles. The Morgan fingerprint density at radius 1 is 1.37 bits per heavy atom. The molecular weight excluding hydrogens is 260 g/mol. The van der Waals surface area contributed by atoms with Crippen molar-refractivity contribution in [1.82, 2.24) is 4.90 Å². The van der Waals surface area contributed by atoms with Crippen LogP contribution in [-0.2, 0) is 11.2 Å². The number of halogens is 1. The van der Waals surface area contributed by atoms with Gasteiger partial charge in [0.25, 0.3) is 0 Å². The van der Waals surface area contributed by atoms with Crippen LogP contribution in [0.25, 0.3) is 0 Å². The van der Waals surface area contributed by atoms with Crippen molar-refractivity contribution in [3.63, 3.8) is 0 Å². The maximum absolute atomic E-state index is 12.2. The minimum Gasteiger partial charge on any atom is -0.399 e. The highest BCUT2D eigenvalue weighted by molar-refractivity contribution is 5.85. The van der Waals surface area contributed by atoms with Crippen LogP contribution in [0.4, 0.5) is 5.69 Å². The van der Waals surface area contributed by atoms with Crippen LogP contribution in [0.1, 0.15) is 38.7 Å². The lowest BCUT2D eigenvalue weighted by Crippen LogP contribution is -2.38. The number of rotatable bonds is 5. The van der Waals surface area contributed by atoms with Gasteiger partial charge < -0.3 is 10.6 Å². The Bertz CT molecular complexity index is 428. The van der Waals surface area contributed by atoms with Gasteiger partial charge in [-0.2, -0.15) is 0 Å². The van der Waals surface area contributed by atoms with Gasteiger partial charge in [0, 0.05) is 24.2 Å². The average molecular weight is 283 g/mol. The zero-order valence-corrected chi connectivity index (χ0v) is 12.5. The second-order valence-corrected chi connectivity index (χ2v) is 5.32. The summed E-state index contributed by atoms with van der Waals surface area (Å²) in [6.45, 7) is 4.18. The second-order valence-electron chi connectivity index (χ2n) is 5.32. The van der Waals surface area contributed by atoms with Crippen LogP contribution in [0.3, 0.4) is 0 Å². The van der Waals surface area contributed by atoms with Gasteiger partial charge in [-0.05, 0) is 44.7 Å². The van der Waals surface area contributed by atoms with Gasteiger partial charge in [-0.3, -0.25) is 4.79 Å². The molecule has 1 saturated carbocycles. The third-order valence-electron chi connectivity index (χ3n) is 3.45. The van der Waals surface area contributed by atoms with Crippen LogP contribution in [-0.4, -0.2) is 22.9 Å². The van der Waals surface area contributed by atoms with Crippen LogP contribution in [0.15, 0.2) is 24.3 Å². The fraction of sp³-hybridized carbons (Fsp3) is 0.533. The summed E-state index contributed by atoms with van der Waals surface area (Å²) >= 11 is 0. The van der Waals surface area contributed by atoms with Crippen LogP contribution in [0, 0.1) is 0 Å². The van der Waals surface area contributed by atoms with Gasteiger partial charge in [0.05, 0.1) is 0 Å². The molecule has 1 amide bonds. The smallest absolute Gasteiger partial charge is 0.223 e. The minimum absolute atomic E-state index is 0. The monoisotopic (exact) mass is 282 g/mol. The van der Waals surface area contributed by atoms with Gasteiger partial charge in [0.2, 0.25) is 5.91 Å². The van der Waals surface area contributed by atoms with Crippen molar-refractivity contribution in [3.05, 3.63) is 29.8 Å². The fourth-order valence-corrected chi connectivity index (χ4v) is 2.40. The maximum Gasteiger partial charge on any atom is 0.223 e. The zero-order valence-electron chi connectivity index (χ0n) is 11.6. The van der Waals surface area contributed by atoms with Crippen LogP contribution >= 0.6 is 12.4 Å². The second kappa shape index (κ2) is 6.80. The number of anilines is 1. The number of nitrogen functional groups attached to an aromatic ring is 1. The molecule has 19 heavy (non-hydrogen) atoms. The van der Waals surface area contributed by atoms with E-state index in [2.05, 4.69) is 13.8 Å². The van der Waals surface area contributed by atoms with E-state index < -0.39 is 0 Å². The van der Waals surface area contributed by atoms with E-state index >= 15 is 0 Å². The Morgan fingerprint density at radius 2 is 2.00 bits per heavy atom. The predicted octanol–water partition coefficient (Wildman–Crippen LogP) is 3.02. The normalized spacial score (nSPS) is 14.1. The van der Waals surface area contributed by atoms with Gasteiger partial charge in [0.15, 0.2) is 0 Å². The summed E-state index contributed by atoms with van der Waals surface area (Å²) < 4.78 is 0. The van der Waals surface area contributed by atoms with Crippen molar-refractivity contribution in [3.8, 4) is 0 Å². The molecule has 2 N–H and O–H groups in total. The molecule has 1 aromatic rings. The highest BCUT2D eigenvalue weighted by atomic mass is 35.5. The van der Waals surface area contributed by atoms with Crippen molar-refractivity contribution in [1.29, 1.82) is 0 Å². The number of para-hydroxylation sites is 1. The molecule has 0 bridgehead atoms. The molecule has 0 atom stereocenters. The maximum atomic E-state index is 12.2. The Kier molecular flexibility index (Phi) is 5.67. The number of hydrogen-bond donors (Lipinski definition) is 1. The highest BCUT2D eigenvalue weighted by Crippen LogP contribution is 2.29. The molecule has 3 nitrogen and oxygen atoms in total. The molecule has 4 heteroatoms. The minimum atomic E-state index is 0. The van der Waals surface area contributed by atoms with Crippen molar-refractivity contribution in [2.45, 2.75) is 51.6 Å². The summed E-state index contributed by atoms with van der Waals surface area (Å²) in [5.41, 5.74) is 7.75. The summed E-state index contributed by atoms with van der Waals surface area (Å²) in [4.78, 5) is 14.3. The number of carbonyl (C=O) groups excluding carboxylic acids is 1. The lowest BCUT2D eigenvalue weighted by atomic mass is 10.1. The first kappa shape index (κ1) is 15.8. The van der Waals surface area contributed by atoms with E-state index in [0.29, 0.717) is 18.5 Å². The molecule has 2 rings (SSSR count). The molecule has 0 spiro atoms. The summed E-state index contributed by atoms with van der Waals surface area (Å²) in [6, 6.07) is 8.58. The third kappa shape index (κ3) is 4.13. The molecule has 1 fully saturated rings. The van der Waals surface area contributed by atoms with E-state index in [4.69, 9.17) is 5.73 Å². The largest absolute Gasteiger partial charge is 0.399 e. The molecule has 1 aromatic carbocycles. The molecule has 106 valence electrons. The Morgan fingerprint density at radius 3 is 2.53 bits per heavy atom. The number of nitrogens with zero attached hydrogens (tertiary/aromatic N) is 1. The van der Waals surface area contributed by atoms with E-state index in [-0.39, 0.29) is 18.3 Å². The Hall–Kier alpha value is -1.22. The molecular formula is C15H23ClN2O. The van der Waals surface area contributed by atoms with Crippen molar-refractivity contribution < 1.29 is 4.79 Å². The van der Waals surface area contributed by atoms with Gasteiger partial charge >= 0.3 is 0 Å². The molecule has 0 heterocycles. The van der Waals surface area contributed by atoms with Crippen molar-refractivity contribution in [2.24, 2.45) is 0 Å².